The Labute approximate surface area is 111 Å². The van der Waals surface area contributed by atoms with E-state index in [0.717, 1.165) is 13.1 Å². The summed E-state index contributed by atoms with van der Waals surface area (Å²) in [5.74, 6) is 0.544. The van der Waals surface area contributed by atoms with Crippen molar-refractivity contribution in [2.75, 3.05) is 13.1 Å². The minimum atomic E-state index is 0.544. The van der Waals surface area contributed by atoms with Gasteiger partial charge in [-0.15, -0.1) is 0 Å². The van der Waals surface area contributed by atoms with Crippen LogP contribution in [0.3, 0.4) is 0 Å². The van der Waals surface area contributed by atoms with E-state index in [-0.39, 0.29) is 0 Å². The van der Waals surface area contributed by atoms with Gasteiger partial charge in [-0.3, -0.25) is 0 Å². The summed E-state index contributed by atoms with van der Waals surface area (Å²) in [5.41, 5.74) is 6.67. The minimum Gasteiger partial charge on any atom is -0.369 e. The van der Waals surface area contributed by atoms with Crippen LogP contribution in [0.4, 0.5) is 5.69 Å². The smallest absolute Gasteiger partial charge is 0.196 e. The second kappa shape index (κ2) is 5.61. The second-order valence-electron chi connectivity index (χ2n) is 4.15. The Hall–Kier alpha value is -0.930. The Morgan fingerprint density at radius 2 is 1.65 bits per heavy atom. The quantitative estimate of drug-likeness (QED) is 0.628. The Morgan fingerprint density at radius 1 is 1.06 bits per heavy atom. The zero-order chi connectivity index (χ0) is 12.3. The Morgan fingerprint density at radius 3 is 2.24 bits per heavy atom. The summed E-state index contributed by atoms with van der Waals surface area (Å²) >= 11 is 11.8. The van der Waals surface area contributed by atoms with Crippen molar-refractivity contribution in [1.82, 2.24) is 4.90 Å². The van der Waals surface area contributed by atoms with Crippen molar-refractivity contribution in [2.45, 2.75) is 19.3 Å². The summed E-state index contributed by atoms with van der Waals surface area (Å²) in [7, 11) is 0. The van der Waals surface area contributed by atoms with Crippen molar-refractivity contribution in [3.63, 3.8) is 0 Å². The molecule has 1 aromatic rings. The first kappa shape index (κ1) is 12.5. The molecule has 3 nitrogen and oxygen atoms in total. The summed E-state index contributed by atoms with van der Waals surface area (Å²) in [4.78, 5) is 6.45. The van der Waals surface area contributed by atoms with Gasteiger partial charge < -0.3 is 10.6 Å². The molecule has 0 bridgehead atoms. The molecule has 0 unspecified atom stereocenters. The average Bonchev–Trinajstić information content (AvgIpc) is 2.28. The SMILES string of the molecule is NC(=Nc1cc(Cl)cc(Cl)c1)N1CCCCC1. The van der Waals surface area contributed by atoms with Gasteiger partial charge in [-0.1, -0.05) is 23.2 Å². The molecule has 0 aliphatic carbocycles. The van der Waals surface area contributed by atoms with Crippen LogP contribution in [-0.4, -0.2) is 23.9 Å². The normalized spacial score (nSPS) is 17.3. The Kier molecular flexibility index (Phi) is 4.13. The lowest BCUT2D eigenvalue weighted by Gasteiger charge is -2.27. The van der Waals surface area contributed by atoms with E-state index in [1.165, 1.54) is 19.3 Å². The van der Waals surface area contributed by atoms with E-state index in [1.54, 1.807) is 18.2 Å². The first-order valence-electron chi connectivity index (χ1n) is 5.70. The van der Waals surface area contributed by atoms with Crippen LogP contribution >= 0.6 is 23.2 Å². The van der Waals surface area contributed by atoms with Crippen molar-refractivity contribution in [3.8, 4) is 0 Å². The highest BCUT2D eigenvalue weighted by molar-refractivity contribution is 6.35. The van der Waals surface area contributed by atoms with Gasteiger partial charge in [0, 0.05) is 23.1 Å². The molecule has 1 saturated heterocycles. The van der Waals surface area contributed by atoms with Crippen LogP contribution in [0.15, 0.2) is 23.2 Å². The third-order valence-corrected chi connectivity index (χ3v) is 3.21. The maximum absolute atomic E-state index is 5.97. The van der Waals surface area contributed by atoms with Crippen LogP contribution in [-0.2, 0) is 0 Å². The fraction of sp³-hybridized carbons (Fsp3) is 0.417. The molecule has 92 valence electrons. The molecule has 1 aliphatic rings. The van der Waals surface area contributed by atoms with E-state index in [1.807, 2.05) is 0 Å². The summed E-state index contributed by atoms with van der Waals surface area (Å²) in [6.45, 7) is 1.95. The van der Waals surface area contributed by atoms with Crippen molar-refractivity contribution in [3.05, 3.63) is 28.2 Å². The van der Waals surface area contributed by atoms with Gasteiger partial charge in [-0.05, 0) is 37.5 Å². The average molecular weight is 272 g/mol. The van der Waals surface area contributed by atoms with Crippen molar-refractivity contribution < 1.29 is 0 Å². The van der Waals surface area contributed by atoms with Crippen molar-refractivity contribution in [1.29, 1.82) is 0 Å². The van der Waals surface area contributed by atoms with Gasteiger partial charge in [0.15, 0.2) is 5.96 Å². The number of hydrogen-bond acceptors (Lipinski definition) is 1. The molecule has 0 radical (unpaired) electrons. The van der Waals surface area contributed by atoms with Gasteiger partial charge in [-0.25, -0.2) is 4.99 Å². The molecule has 1 heterocycles. The number of likely N-dealkylation sites (tertiary alicyclic amines) is 1. The molecule has 2 N–H and O–H groups in total. The molecule has 0 spiro atoms. The van der Waals surface area contributed by atoms with E-state index in [0.29, 0.717) is 21.7 Å². The molecule has 0 aromatic heterocycles. The fourth-order valence-electron chi connectivity index (χ4n) is 1.93. The number of nitrogens with two attached hydrogens (primary N) is 1. The molecule has 17 heavy (non-hydrogen) atoms. The fourth-order valence-corrected chi connectivity index (χ4v) is 2.44. The maximum atomic E-state index is 5.97. The van der Waals surface area contributed by atoms with Gasteiger partial charge in [0.25, 0.3) is 0 Å². The second-order valence-corrected chi connectivity index (χ2v) is 5.02. The molecule has 5 heteroatoms. The molecule has 2 rings (SSSR count). The highest BCUT2D eigenvalue weighted by Gasteiger charge is 2.12. The monoisotopic (exact) mass is 271 g/mol. The van der Waals surface area contributed by atoms with E-state index in [4.69, 9.17) is 28.9 Å². The van der Waals surface area contributed by atoms with E-state index < -0.39 is 0 Å². The number of rotatable bonds is 1. The minimum absolute atomic E-state index is 0.544. The number of halogens is 2. The van der Waals surface area contributed by atoms with E-state index in [9.17, 15) is 0 Å². The van der Waals surface area contributed by atoms with Gasteiger partial charge in [0.05, 0.1) is 5.69 Å². The van der Waals surface area contributed by atoms with Gasteiger partial charge in [0.2, 0.25) is 0 Å². The van der Waals surface area contributed by atoms with Crippen LogP contribution in [0, 0.1) is 0 Å². The molecule has 0 amide bonds. The summed E-state index contributed by atoms with van der Waals surface area (Å²) < 4.78 is 0. The third kappa shape index (κ3) is 3.51. The number of hydrogen-bond donors (Lipinski definition) is 1. The van der Waals surface area contributed by atoms with Crippen molar-refractivity contribution >= 4 is 34.8 Å². The first-order valence-corrected chi connectivity index (χ1v) is 6.46. The van der Waals surface area contributed by atoms with Crippen molar-refractivity contribution in [2.24, 2.45) is 10.7 Å². The lowest BCUT2D eigenvalue weighted by molar-refractivity contribution is 0.339. The first-order chi connectivity index (χ1) is 8.15. The van der Waals surface area contributed by atoms with Gasteiger partial charge in [-0.2, -0.15) is 0 Å². The largest absolute Gasteiger partial charge is 0.369 e. The topological polar surface area (TPSA) is 41.6 Å². The predicted octanol–water partition coefficient (Wildman–Crippen LogP) is 3.43. The molecule has 1 aromatic carbocycles. The van der Waals surface area contributed by atoms with Crippen LogP contribution in [0.2, 0.25) is 10.0 Å². The molecular weight excluding hydrogens is 257 g/mol. The summed E-state index contributed by atoms with van der Waals surface area (Å²) in [6.07, 6.45) is 3.62. The third-order valence-electron chi connectivity index (χ3n) is 2.77. The number of guanidine groups is 1. The lowest BCUT2D eigenvalue weighted by Crippen LogP contribution is -2.40. The number of nitrogens with zero attached hydrogens (tertiary/aromatic N) is 2. The van der Waals surface area contributed by atoms with Gasteiger partial charge >= 0.3 is 0 Å². The van der Waals surface area contributed by atoms with Crippen LogP contribution < -0.4 is 5.73 Å². The molecule has 1 aliphatic heterocycles. The Bertz CT molecular complexity index is 406. The number of piperidine rings is 1. The highest BCUT2D eigenvalue weighted by atomic mass is 35.5. The predicted molar refractivity (Wildman–Crippen MR) is 73.2 cm³/mol. The lowest BCUT2D eigenvalue weighted by atomic mass is 10.1. The standard InChI is InChI=1S/C12H15Cl2N3/c13-9-6-10(14)8-11(7-9)16-12(15)17-4-2-1-3-5-17/h6-8H,1-5H2,(H2,15,16). The number of benzene rings is 1. The molecule has 1 fully saturated rings. The van der Waals surface area contributed by atoms with Gasteiger partial charge in [0.1, 0.15) is 0 Å². The maximum Gasteiger partial charge on any atom is 0.196 e. The van der Waals surface area contributed by atoms with Crippen LogP contribution in [0.5, 0.6) is 0 Å². The highest BCUT2D eigenvalue weighted by Crippen LogP contribution is 2.24. The number of aliphatic imine (C=N–C) groups is 1. The molecular formula is C12H15Cl2N3. The van der Waals surface area contributed by atoms with Crippen LogP contribution in [0.1, 0.15) is 19.3 Å². The van der Waals surface area contributed by atoms with Crippen LogP contribution in [0.25, 0.3) is 0 Å². The Balaban J connectivity index is 2.16. The summed E-state index contributed by atoms with van der Waals surface area (Å²) in [5, 5.41) is 1.14. The van der Waals surface area contributed by atoms with E-state index in [2.05, 4.69) is 9.89 Å². The zero-order valence-corrected chi connectivity index (χ0v) is 11.0. The van der Waals surface area contributed by atoms with E-state index >= 15 is 0 Å². The zero-order valence-electron chi connectivity index (χ0n) is 9.50. The summed E-state index contributed by atoms with van der Waals surface area (Å²) in [6, 6.07) is 5.19. The molecule has 0 saturated carbocycles. The molecule has 0 atom stereocenters.